The fourth-order valence-electron chi connectivity index (χ4n) is 2.14. The number of benzene rings is 1. The number of ether oxygens (including phenoxy) is 2. The third-order valence-corrected chi connectivity index (χ3v) is 3.71. The summed E-state index contributed by atoms with van der Waals surface area (Å²) >= 11 is 3.31. The highest BCUT2D eigenvalue weighted by atomic mass is 79.9. The summed E-state index contributed by atoms with van der Waals surface area (Å²) in [5.41, 5.74) is 5.51. The second kappa shape index (κ2) is 6.11. The molecule has 1 aromatic carbocycles. The first kappa shape index (κ1) is 15.3. The third-order valence-electron chi connectivity index (χ3n) is 3.05. The Bertz CT molecular complexity index is 505. The van der Waals surface area contributed by atoms with Gasteiger partial charge in [-0.3, -0.25) is 4.79 Å². The van der Waals surface area contributed by atoms with Crippen LogP contribution >= 0.6 is 15.9 Å². The third kappa shape index (κ3) is 3.94. The van der Waals surface area contributed by atoms with Crippen molar-refractivity contribution < 1.29 is 14.3 Å². The van der Waals surface area contributed by atoms with Gasteiger partial charge in [0.15, 0.2) is 0 Å². The van der Waals surface area contributed by atoms with Gasteiger partial charge in [-0.1, -0.05) is 0 Å². The van der Waals surface area contributed by atoms with Gasteiger partial charge < -0.3 is 20.5 Å². The predicted octanol–water partition coefficient (Wildman–Crippen LogP) is 1.69. The fourth-order valence-corrected chi connectivity index (χ4v) is 2.69. The first-order valence-electron chi connectivity index (χ1n) is 6.48. The lowest BCUT2D eigenvalue weighted by molar-refractivity contribution is -0.107. The van der Waals surface area contributed by atoms with Crippen LogP contribution < -0.4 is 15.8 Å². The summed E-state index contributed by atoms with van der Waals surface area (Å²) in [5.74, 6) is 0.207. The minimum atomic E-state index is -0.468. The molecule has 1 heterocycles. The molecule has 6 heteroatoms. The largest absolute Gasteiger partial charge is 0.491 e. The SMILES string of the molecule is CC1(C)CNCC(COc2ccc(C(N)=O)c(Br)c2)O1. The molecule has 1 fully saturated rings. The summed E-state index contributed by atoms with van der Waals surface area (Å²) in [6.45, 7) is 6.15. The van der Waals surface area contributed by atoms with Crippen LogP contribution in [0.15, 0.2) is 22.7 Å². The van der Waals surface area contributed by atoms with Crippen molar-refractivity contribution in [3.63, 3.8) is 0 Å². The number of carbonyl (C=O) groups excluding carboxylic acids is 1. The van der Waals surface area contributed by atoms with Gasteiger partial charge in [0.2, 0.25) is 5.91 Å². The van der Waals surface area contributed by atoms with Crippen molar-refractivity contribution in [3.05, 3.63) is 28.2 Å². The number of hydrogen-bond donors (Lipinski definition) is 2. The first-order chi connectivity index (χ1) is 9.37. The van der Waals surface area contributed by atoms with Crippen LogP contribution in [-0.4, -0.2) is 37.3 Å². The van der Waals surface area contributed by atoms with E-state index in [0.717, 1.165) is 13.1 Å². The Kier molecular flexibility index (Phi) is 4.67. The fraction of sp³-hybridized carbons (Fsp3) is 0.500. The zero-order valence-corrected chi connectivity index (χ0v) is 13.2. The number of morpholine rings is 1. The number of rotatable bonds is 4. The summed E-state index contributed by atoms with van der Waals surface area (Å²) in [6, 6.07) is 5.11. The molecule has 0 bridgehead atoms. The van der Waals surface area contributed by atoms with E-state index in [1.54, 1.807) is 18.2 Å². The highest BCUT2D eigenvalue weighted by Crippen LogP contribution is 2.23. The zero-order chi connectivity index (χ0) is 14.8. The van der Waals surface area contributed by atoms with Crippen LogP contribution in [-0.2, 0) is 4.74 Å². The van der Waals surface area contributed by atoms with Crippen molar-refractivity contribution in [1.82, 2.24) is 5.32 Å². The highest BCUT2D eigenvalue weighted by molar-refractivity contribution is 9.10. The topological polar surface area (TPSA) is 73.6 Å². The molecule has 1 aliphatic rings. The maximum atomic E-state index is 11.1. The van der Waals surface area contributed by atoms with Crippen molar-refractivity contribution in [2.24, 2.45) is 5.73 Å². The Balaban J connectivity index is 1.94. The minimum Gasteiger partial charge on any atom is -0.491 e. The van der Waals surface area contributed by atoms with Gasteiger partial charge in [0, 0.05) is 17.6 Å². The molecule has 110 valence electrons. The molecule has 0 aromatic heterocycles. The smallest absolute Gasteiger partial charge is 0.249 e. The summed E-state index contributed by atoms with van der Waals surface area (Å²) in [4.78, 5) is 11.1. The quantitative estimate of drug-likeness (QED) is 0.873. The number of hydrogen-bond acceptors (Lipinski definition) is 4. The molecule has 0 radical (unpaired) electrons. The molecule has 0 spiro atoms. The zero-order valence-electron chi connectivity index (χ0n) is 11.6. The molecule has 2 rings (SSSR count). The van der Waals surface area contributed by atoms with Gasteiger partial charge in [-0.15, -0.1) is 0 Å². The Morgan fingerprint density at radius 2 is 2.35 bits per heavy atom. The molecule has 1 aromatic rings. The van der Waals surface area contributed by atoms with Crippen molar-refractivity contribution in [2.45, 2.75) is 25.6 Å². The van der Waals surface area contributed by atoms with E-state index in [1.807, 2.05) is 13.8 Å². The van der Waals surface area contributed by atoms with E-state index < -0.39 is 5.91 Å². The predicted molar refractivity (Wildman–Crippen MR) is 80.0 cm³/mol. The standard InChI is InChI=1S/C14H19BrN2O3/c1-14(2)8-17-6-10(20-14)7-19-9-3-4-11(13(16)18)12(15)5-9/h3-5,10,17H,6-8H2,1-2H3,(H2,16,18). The molecule has 1 unspecified atom stereocenters. The molecule has 1 atom stereocenters. The molecular weight excluding hydrogens is 324 g/mol. The Hall–Kier alpha value is -1.11. The van der Waals surface area contributed by atoms with Crippen molar-refractivity contribution in [2.75, 3.05) is 19.7 Å². The van der Waals surface area contributed by atoms with Gasteiger partial charge >= 0.3 is 0 Å². The molecule has 1 amide bonds. The summed E-state index contributed by atoms with van der Waals surface area (Å²) in [6.07, 6.45) is 0.00772. The van der Waals surface area contributed by atoms with E-state index in [-0.39, 0.29) is 11.7 Å². The number of carbonyl (C=O) groups is 1. The average molecular weight is 343 g/mol. The minimum absolute atomic E-state index is 0.00772. The lowest BCUT2D eigenvalue weighted by atomic mass is 10.1. The van der Waals surface area contributed by atoms with Gasteiger partial charge in [0.25, 0.3) is 0 Å². The maximum absolute atomic E-state index is 11.1. The van der Waals surface area contributed by atoms with E-state index in [0.29, 0.717) is 22.4 Å². The van der Waals surface area contributed by atoms with Gasteiger partial charge in [0.05, 0.1) is 11.2 Å². The summed E-state index contributed by atoms with van der Waals surface area (Å²) in [5, 5.41) is 3.32. The van der Waals surface area contributed by atoms with Crippen LogP contribution in [0.4, 0.5) is 0 Å². The molecule has 0 saturated carbocycles. The van der Waals surface area contributed by atoms with Crippen LogP contribution in [0, 0.1) is 0 Å². The van der Waals surface area contributed by atoms with Gasteiger partial charge in [0.1, 0.15) is 18.5 Å². The van der Waals surface area contributed by atoms with Crippen molar-refractivity contribution in [3.8, 4) is 5.75 Å². The number of amides is 1. The Morgan fingerprint density at radius 1 is 1.60 bits per heavy atom. The van der Waals surface area contributed by atoms with Crippen LogP contribution in [0.2, 0.25) is 0 Å². The molecule has 20 heavy (non-hydrogen) atoms. The van der Waals surface area contributed by atoms with Crippen LogP contribution in [0.5, 0.6) is 5.75 Å². The van der Waals surface area contributed by atoms with Crippen LogP contribution in [0.3, 0.4) is 0 Å². The normalized spacial score (nSPS) is 21.4. The Morgan fingerprint density at radius 3 is 2.95 bits per heavy atom. The van der Waals surface area contributed by atoms with Gasteiger partial charge in [-0.05, 0) is 48.0 Å². The monoisotopic (exact) mass is 342 g/mol. The molecular formula is C14H19BrN2O3. The second-order valence-electron chi connectivity index (χ2n) is 5.45. The van der Waals surface area contributed by atoms with E-state index >= 15 is 0 Å². The van der Waals surface area contributed by atoms with E-state index in [4.69, 9.17) is 15.2 Å². The Labute approximate surface area is 126 Å². The highest BCUT2D eigenvalue weighted by Gasteiger charge is 2.28. The average Bonchev–Trinajstić information content (AvgIpc) is 2.35. The lowest BCUT2D eigenvalue weighted by Gasteiger charge is -2.36. The van der Waals surface area contributed by atoms with Crippen molar-refractivity contribution >= 4 is 21.8 Å². The molecule has 0 aliphatic carbocycles. The van der Waals surface area contributed by atoms with E-state index in [1.165, 1.54) is 0 Å². The number of primary amides is 1. The van der Waals surface area contributed by atoms with E-state index in [2.05, 4.69) is 21.2 Å². The number of nitrogens with one attached hydrogen (secondary N) is 1. The number of nitrogens with two attached hydrogens (primary N) is 1. The van der Waals surface area contributed by atoms with Crippen LogP contribution in [0.1, 0.15) is 24.2 Å². The molecule has 1 saturated heterocycles. The summed E-state index contributed by atoms with van der Waals surface area (Å²) < 4.78 is 12.3. The van der Waals surface area contributed by atoms with Crippen molar-refractivity contribution in [1.29, 1.82) is 0 Å². The summed E-state index contributed by atoms with van der Waals surface area (Å²) in [7, 11) is 0. The first-order valence-corrected chi connectivity index (χ1v) is 7.27. The lowest BCUT2D eigenvalue weighted by Crippen LogP contribution is -2.52. The maximum Gasteiger partial charge on any atom is 0.249 e. The van der Waals surface area contributed by atoms with Gasteiger partial charge in [-0.25, -0.2) is 0 Å². The molecule has 1 aliphatic heterocycles. The molecule has 5 nitrogen and oxygen atoms in total. The van der Waals surface area contributed by atoms with Crippen LogP contribution in [0.25, 0.3) is 0 Å². The van der Waals surface area contributed by atoms with E-state index in [9.17, 15) is 4.79 Å². The van der Waals surface area contributed by atoms with Gasteiger partial charge in [-0.2, -0.15) is 0 Å². The molecule has 3 N–H and O–H groups in total. The number of halogens is 1. The second-order valence-corrected chi connectivity index (χ2v) is 6.30.